The average Bonchev–Trinajstić information content (AvgIpc) is 3.45. The Hall–Kier alpha value is -3.11. The molecule has 0 radical (unpaired) electrons. The molecular formula is C28H32F3N3O4. The van der Waals surface area contributed by atoms with Crippen LogP contribution < -0.4 is 10.1 Å². The molecule has 1 saturated carbocycles. The predicted molar refractivity (Wildman–Crippen MR) is 133 cm³/mol. The van der Waals surface area contributed by atoms with Gasteiger partial charge in [0.2, 0.25) is 0 Å². The van der Waals surface area contributed by atoms with Gasteiger partial charge in [-0.05, 0) is 48.6 Å². The number of amides is 2. The molecule has 0 bridgehead atoms. The van der Waals surface area contributed by atoms with Crippen LogP contribution in [0.15, 0.2) is 54.6 Å². The van der Waals surface area contributed by atoms with Gasteiger partial charge >= 0.3 is 6.36 Å². The first-order valence-electron chi connectivity index (χ1n) is 13.0. The molecule has 2 amide bonds. The van der Waals surface area contributed by atoms with Crippen LogP contribution in [0.2, 0.25) is 0 Å². The number of halogens is 3. The van der Waals surface area contributed by atoms with Crippen molar-refractivity contribution >= 4 is 11.8 Å². The van der Waals surface area contributed by atoms with Gasteiger partial charge in [0.25, 0.3) is 11.8 Å². The maximum atomic E-state index is 13.5. The SMILES string of the molecule is O=C(NC[C@]12CCC[C@H]1CN(C(=O)C1CN(Cc3ccccc3)CCO1)C2)c1ccc(OC(F)(F)F)cc1. The number of ether oxygens (including phenoxy) is 2. The molecule has 1 N–H and O–H groups in total. The minimum Gasteiger partial charge on any atom is -0.406 e. The number of carbonyl (C=O) groups excluding carboxylic acids is 2. The minimum atomic E-state index is -4.78. The molecule has 2 aliphatic heterocycles. The molecule has 3 fully saturated rings. The Labute approximate surface area is 219 Å². The predicted octanol–water partition coefficient (Wildman–Crippen LogP) is 3.84. The van der Waals surface area contributed by atoms with Crippen LogP contribution in [-0.4, -0.2) is 73.4 Å². The van der Waals surface area contributed by atoms with Gasteiger partial charge in [0.05, 0.1) is 6.61 Å². The molecule has 3 atom stereocenters. The van der Waals surface area contributed by atoms with Gasteiger partial charge in [0.15, 0.2) is 0 Å². The highest BCUT2D eigenvalue weighted by Gasteiger charge is 2.51. The second-order valence-corrected chi connectivity index (χ2v) is 10.5. The Kier molecular flexibility index (Phi) is 7.63. The van der Waals surface area contributed by atoms with Crippen LogP contribution in [-0.2, 0) is 16.1 Å². The smallest absolute Gasteiger partial charge is 0.406 e. The Bertz CT molecular complexity index is 1130. The van der Waals surface area contributed by atoms with Crippen molar-refractivity contribution in [2.75, 3.05) is 39.3 Å². The maximum Gasteiger partial charge on any atom is 0.573 e. The standard InChI is InChI=1S/C28H32F3N3O4/c29-28(30,31)38-23-10-8-21(9-11-23)25(35)32-18-27-12-4-7-22(27)16-34(19-27)26(36)24-17-33(13-14-37-24)15-20-5-2-1-3-6-20/h1-3,5-6,8-11,22,24H,4,7,12-19H2,(H,32,35)/t22-,24?,27-/m0/s1. The minimum absolute atomic E-state index is 0.00289. The van der Waals surface area contributed by atoms with E-state index in [2.05, 4.69) is 27.1 Å². The summed E-state index contributed by atoms with van der Waals surface area (Å²) >= 11 is 0. The quantitative estimate of drug-likeness (QED) is 0.588. The van der Waals surface area contributed by atoms with Crippen LogP contribution in [0.5, 0.6) is 5.75 Å². The summed E-state index contributed by atoms with van der Waals surface area (Å²) in [6.45, 7) is 4.23. The molecule has 7 nitrogen and oxygen atoms in total. The highest BCUT2D eigenvalue weighted by molar-refractivity contribution is 5.94. The van der Waals surface area contributed by atoms with E-state index in [9.17, 15) is 22.8 Å². The van der Waals surface area contributed by atoms with E-state index in [0.29, 0.717) is 38.7 Å². The van der Waals surface area contributed by atoms with Crippen LogP contribution in [0.4, 0.5) is 13.2 Å². The zero-order valence-corrected chi connectivity index (χ0v) is 21.1. The zero-order chi connectivity index (χ0) is 26.8. The number of carbonyl (C=O) groups is 2. The Morgan fingerprint density at radius 3 is 2.58 bits per heavy atom. The second-order valence-electron chi connectivity index (χ2n) is 10.5. The molecule has 1 aliphatic carbocycles. The average molecular weight is 532 g/mol. The molecule has 204 valence electrons. The molecule has 38 heavy (non-hydrogen) atoms. The molecule has 2 aromatic rings. The Balaban J connectivity index is 1.17. The summed E-state index contributed by atoms with van der Waals surface area (Å²) in [5, 5.41) is 2.96. The molecule has 2 saturated heterocycles. The molecule has 3 aliphatic rings. The molecule has 10 heteroatoms. The van der Waals surface area contributed by atoms with Gasteiger partial charge in [-0.1, -0.05) is 36.8 Å². The first kappa shape index (κ1) is 26.5. The largest absolute Gasteiger partial charge is 0.573 e. The second kappa shape index (κ2) is 10.9. The lowest BCUT2D eigenvalue weighted by molar-refractivity contribution is -0.274. The van der Waals surface area contributed by atoms with Crippen molar-refractivity contribution in [3.05, 3.63) is 65.7 Å². The molecule has 2 aromatic carbocycles. The number of nitrogens with zero attached hydrogens (tertiary/aromatic N) is 2. The topological polar surface area (TPSA) is 71.1 Å². The number of rotatable bonds is 7. The number of fused-ring (bicyclic) bond motifs is 1. The van der Waals surface area contributed by atoms with Crippen molar-refractivity contribution in [2.45, 2.75) is 38.3 Å². The van der Waals surface area contributed by atoms with Crippen molar-refractivity contribution in [1.29, 1.82) is 0 Å². The number of likely N-dealkylation sites (tertiary alicyclic amines) is 1. The summed E-state index contributed by atoms with van der Waals surface area (Å²) in [4.78, 5) is 30.4. The lowest BCUT2D eigenvalue weighted by Gasteiger charge is -2.34. The third kappa shape index (κ3) is 6.13. The molecule has 5 rings (SSSR count). The summed E-state index contributed by atoms with van der Waals surface area (Å²) in [5.74, 6) is -0.442. The van der Waals surface area contributed by atoms with Crippen LogP contribution in [0.25, 0.3) is 0 Å². The van der Waals surface area contributed by atoms with E-state index in [1.165, 1.54) is 17.7 Å². The first-order valence-corrected chi connectivity index (χ1v) is 13.0. The molecule has 0 aromatic heterocycles. The highest BCUT2D eigenvalue weighted by atomic mass is 19.4. The van der Waals surface area contributed by atoms with E-state index in [-0.39, 0.29) is 28.5 Å². The molecule has 2 heterocycles. The van der Waals surface area contributed by atoms with Gasteiger partial charge in [0, 0.05) is 50.2 Å². The normalized spacial score (nSPS) is 25.7. The molecular weight excluding hydrogens is 499 g/mol. The monoisotopic (exact) mass is 531 g/mol. The van der Waals surface area contributed by atoms with Gasteiger partial charge in [0.1, 0.15) is 11.9 Å². The lowest BCUT2D eigenvalue weighted by Crippen LogP contribution is -2.51. The van der Waals surface area contributed by atoms with Crippen molar-refractivity contribution in [3.8, 4) is 5.75 Å². The van der Waals surface area contributed by atoms with E-state index in [1.54, 1.807) is 0 Å². The van der Waals surface area contributed by atoms with E-state index >= 15 is 0 Å². The van der Waals surface area contributed by atoms with E-state index in [1.807, 2.05) is 23.1 Å². The number of benzene rings is 2. The van der Waals surface area contributed by atoms with Crippen LogP contribution >= 0.6 is 0 Å². The third-order valence-electron chi connectivity index (χ3n) is 7.98. The van der Waals surface area contributed by atoms with Gasteiger partial charge in [-0.25, -0.2) is 0 Å². The highest BCUT2D eigenvalue weighted by Crippen LogP contribution is 2.48. The number of nitrogens with one attached hydrogen (secondary N) is 1. The number of alkyl halides is 3. The van der Waals surface area contributed by atoms with E-state index in [4.69, 9.17) is 4.74 Å². The first-order chi connectivity index (χ1) is 18.2. The summed E-state index contributed by atoms with van der Waals surface area (Å²) in [5.41, 5.74) is 1.25. The van der Waals surface area contributed by atoms with Gasteiger partial charge in [-0.3, -0.25) is 14.5 Å². The van der Waals surface area contributed by atoms with Crippen molar-refractivity contribution in [2.24, 2.45) is 11.3 Å². The Morgan fingerprint density at radius 2 is 1.84 bits per heavy atom. The van der Waals surface area contributed by atoms with Crippen LogP contribution in [0.3, 0.4) is 0 Å². The van der Waals surface area contributed by atoms with Crippen LogP contribution in [0.1, 0.15) is 35.2 Å². The zero-order valence-electron chi connectivity index (χ0n) is 21.1. The Morgan fingerprint density at radius 1 is 1.08 bits per heavy atom. The lowest BCUT2D eigenvalue weighted by atomic mass is 9.80. The van der Waals surface area contributed by atoms with E-state index in [0.717, 1.165) is 44.5 Å². The summed E-state index contributed by atoms with van der Waals surface area (Å²) < 4.78 is 46.9. The fourth-order valence-electron chi connectivity index (χ4n) is 6.08. The fourth-order valence-corrected chi connectivity index (χ4v) is 6.08. The van der Waals surface area contributed by atoms with Gasteiger partial charge < -0.3 is 19.7 Å². The summed E-state index contributed by atoms with van der Waals surface area (Å²) in [6, 6.07) is 15.0. The number of morpholine rings is 1. The molecule has 1 unspecified atom stereocenters. The number of hydrogen-bond donors (Lipinski definition) is 1. The fraction of sp³-hybridized carbons (Fsp3) is 0.500. The van der Waals surface area contributed by atoms with Crippen molar-refractivity contribution in [3.63, 3.8) is 0 Å². The summed E-state index contributed by atoms with van der Waals surface area (Å²) in [6.07, 6.45) is -2.35. The van der Waals surface area contributed by atoms with Gasteiger partial charge in [-0.2, -0.15) is 0 Å². The maximum absolute atomic E-state index is 13.5. The van der Waals surface area contributed by atoms with Gasteiger partial charge in [-0.15, -0.1) is 13.2 Å². The molecule has 0 spiro atoms. The van der Waals surface area contributed by atoms with E-state index < -0.39 is 12.5 Å². The summed E-state index contributed by atoms with van der Waals surface area (Å²) in [7, 11) is 0. The van der Waals surface area contributed by atoms with Crippen molar-refractivity contribution < 1.29 is 32.2 Å². The van der Waals surface area contributed by atoms with Crippen molar-refractivity contribution in [1.82, 2.24) is 15.1 Å². The number of hydrogen-bond acceptors (Lipinski definition) is 5. The third-order valence-corrected chi connectivity index (χ3v) is 7.98. The van der Waals surface area contributed by atoms with Crippen LogP contribution in [0, 0.1) is 11.3 Å².